The summed E-state index contributed by atoms with van der Waals surface area (Å²) >= 11 is 1.83. The Balaban J connectivity index is 1.17. The van der Waals surface area contributed by atoms with Crippen LogP contribution in [-0.4, -0.2) is 5.71 Å². The van der Waals surface area contributed by atoms with Crippen LogP contribution >= 0.6 is 11.8 Å². The van der Waals surface area contributed by atoms with E-state index in [1.807, 2.05) is 23.9 Å². The molecule has 0 bridgehead atoms. The minimum atomic E-state index is -0.266. The maximum absolute atomic E-state index is 6.09. The fourth-order valence-corrected chi connectivity index (χ4v) is 7.70. The quantitative estimate of drug-likeness (QED) is 0.179. The van der Waals surface area contributed by atoms with Crippen LogP contribution in [0.4, 0.5) is 5.69 Å². The topological polar surface area (TPSA) is 36.4 Å². The van der Waals surface area contributed by atoms with Gasteiger partial charge >= 0.3 is 0 Å². The number of allylic oxidation sites excluding steroid dienone is 1. The van der Waals surface area contributed by atoms with Crippen molar-refractivity contribution >= 4 is 28.9 Å². The third-order valence-corrected chi connectivity index (χ3v) is 10.2. The Bertz CT molecular complexity index is 2230. The maximum atomic E-state index is 6.09. The number of anilines is 1. The second-order valence-electron chi connectivity index (χ2n) is 12.1. The summed E-state index contributed by atoms with van der Waals surface area (Å²) in [6, 6.07) is 51.0. The molecule has 6 aromatic rings. The van der Waals surface area contributed by atoms with Gasteiger partial charge in [0.25, 0.3) is 0 Å². The fraction of sp³-hybridized carbons (Fsp3) is 0.0682. The van der Waals surface area contributed by atoms with Gasteiger partial charge in [-0.3, -0.25) is 4.99 Å². The molecule has 0 saturated heterocycles. The molecule has 0 fully saturated rings. The first-order chi connectivity index (χ1) is 23.6. The Labute approximate surface area is 286 Å². The molecule has 48 heavy (non-hydrogen) atoms. The zero-order valence-electron chi connectivity index (χ0n) is 26.5. The summed E-state index contributed by atoms with van der Waals surface area (Å²) in [5, 5.41) is 7.65. The molecule has 230 valence electrons. The molecule has 4 heteroatoms. The summed E-state index contributed by atoms with van der Waals surface area (Å²) in [6.45, 7) is 2.17. The molecule has 2 unspecified atom stereocenters. The van der Waals surface area contributed by atoms with Crippen molar-refractivity contribution in [3.8, 4) is 34.6 Å². The molecule has 0 spiro atoms. The minimum Gasteiger partial charge on any atom is -0.368 e. The smallest absolute Gasteiger partial charge is 0.145 e. The molecule has 2 atom stereocenters. The highest BCUT2D eigenvalue weighted by Gasteiger charge is 2.28. The van der Waals surface area contributed by atoms with Crippen LogP contribution in [0.2, 0.25) is 0 Å². The lowest BCUT2D eigenvalue weighted by Crippen LogP contribution is -2.25. The van der Waals surface area contributed by atoms with Crippen molar-refractivity contribution in [2.45, 2.75) is 23.4 Å². The third-order valence-electron chi connectivity index (χ3n) is 8.97. The van der Waals surface area contributed by atoms with Crippen molar-refractivity contribution in [3.63, 3.8) is 0 Å². The first kappa shape index (κ1) is 29.6. The number of aryl methyl sites for hydroxylation is 1. The summed E-state index contributed by atoms with van der Waals surface area (Å²) in [5.41, 5.74) is 14.2. The van der Waals surface area contributed by atoms with Gasteiger partial charge in [0.1, 0.15) is 11.5 Å². The normalized spacial score (nSPS) is 16.5. The van der Waals surface area contributed by atoms with Crippen LogP contribution in [-0.2, 0) is 0 Å². The largest absolute Gasteiger partial charge is 0.368 e. The molecule has 2 aliphatic heterocycles. The third kappa shape index (κ3) is 5.70. The zero-order valence-corrected chi connectivity index (χ0v) is 27.3. The van der Waals surface area contributed by atoms with Crippen molar-refractivity contribution < 1.29 is 0 Å². The van der Waals surface area contributed by atoms with E-state index < -0.39 is 0 Å². The first-order valence-electron chi connectivity index (χ1n) is 16.1. The maximum Gasteiger partial charge on any atom is 0.145 e. The summed E-state index contributed by atoms with van der Waals surface area (Å²) in [6.07, 6.45) is 7.99. The minimum absolute atomic E-state index is 0.135. The van der Waals surface area contributed by atoms with E-state index in [1.165, 1.54) is 21.6 Å². The van der Waals surface area contributed by atoms with Gasteiger partial charge in [-0.1, -0.05) is 145 Å². The van der Waals surface area contributed by atoms with Gasteiger partial charge in [-0.15, -0.1) is 6.42 Å². The number of rotatable bonds is 6. The standard InChI is InChI=1S/C44H33N3S/c1-3-30-23-25-40-42(47-44(48-40)33-18-11-6-12-19-33)41(30)37-24-22-36(26-29(37)2)43-45-38(32-16-9-5-10-17-32)28-39(46-43)35-21-13-20-34(27-35)31-14-7-4-8-15-31/h1,4-28,43-45,47H,2H3. The van der Waals surface area contributed by atoms with Gasteiger partial charge < -0.3 is 10.6 Å². The molecule has 0 aliphatic carbocycles. The van der Waals surface area contributed by atoms with Crippen molar-refractivity contribution in [2.75, 3.05) is 5.32 Å². The molecule has 0 radical (unpaired) electrons. The summed E-state index contributed by atoms with van der Waals surface area (Å²) in [4.78, 5) is 6.50. The van der Waals surface area contributed by atoms with Crippen molar-refractivity contribution in [1.82, 2.24) is 5.32 Å². The van der Waals surface area contributed by atoms with E-state index in [4.69, 9.17) is 11.4 Å². The SMILES string of the molecule is C#Cc1ccc2c(c1-c1ccc(C3N=C(c4cccc(-c5ccccc5)c4)C=C(c4ccccc4)N3)cc1C)NC(c1ccccc1)S2. The van der Waals surface area contributed by atoms with E-state index >= 15 is 0 Å². The second-order valence-corrected chi connectivity index (χ2v) is 13.2. The molecule has 8 rings (SSSR count). The van der Waals surface area contributed by atoms with Gasteiger partial charge in [0.2, 0.25) is 0 Å². The Kier molecular flexibility index (Phi) is 7.90. The molecule has 0 aromatic heterocycles. The molecular formula is C44H33N3S. The highest BCUT2D eigenvalue weighted by Crippen LogP contribution is 2.51. The Morgan fingerprint density at radius 1 is 0.646 bits per heavy atom. The Morgan fingerprint density at radius 2 is 1.33 bits per heavy atom. The first-order valence-corrected chi connectivity index (χ1v) is 17.0. The van der Waals surface area contributed by atoms with Crippen LogP contribution in [0.25, 0.3) is 28.0 Å². The molecule has 2 N–H and O–H groups in total. The molecule has 0 saturated carbocycles. The average molecular weight is 636 g/mol. The van der Waals surface area contributed by atoms with Crippen LogP contribution in [0.15, 0.2) is 162 Å². The predicted octanol–water partition coefficient (Wildman–Crippen LogP) is 10.7. The lowest BCUT2D eigenvalue weighted by Gasteiger charge is -2.26. The Hall–Kier alpha value is -5.76. The van der Waals surface area contributed by atoms with Crippen LogP contribution in [0, 0.1) is 19.3 Å². The molecule has 3 nitrogen and oxygen atoms in total. The summed E-state index contributed by atoms with van der Waals surface area (Å²) in [7, 11) is 0. The molecule has 6 aromatic carbocycles. The van der Waals surface area contributed by atoms with Gasteiger partial charge in [-0.25, -0.2) is 0 Å². The number of benzene rings is 6. The van der Waals surface area contributed by atoms with Crippen molar-refractivity contribution in [1.29, 1.82) is 0 Å². The van der Waals surface area contributed by atoms with E-state index in [1.54, 1.807) is 0 Å². The zero-order chi connectivity index (χ0) is 32.5. The second kappa shape index (κ2) is 12.8. The van der Waals surface area contributed by atoms with Gasteiger partial charge in [0, 0.05) is 27.3 Å². The van der Waals surface area contributed by atoms with Gasteiger partial charge in [0.15, 0.2) is 0 Å². The van der Waals surface area contributed by atoms with Crippen LogP contribution in [0.3, 0.4) is 0 Å². The van der Waals surface area contributed by atoms with Crippen LogP contribution in [0.1, 0.15) is 44.9 Å². The van der Waals surface area contributed by atoms with E-state index in [-0.39, 0.29) is 11.5 Å². The van der Waals surface area contributed by atoms with E-state index in [0.29, 0.717) is 0 Å². The van der Waals surface area contributed by atoms with E-state index in [2.05, 4.69) is 163 Å². The molecular weight excluding hydrogens is 603 g/mol. The van der Waals surface area contributed by atoms with Gasteiger partial charge in [-0.2, -0.15) is 0 Å². The number of nitrogens with zero attached hydrogens (tertiary/aromatic N) is 1. The molecule has 0 amide bonds. The highest BCUT2D eigenvalue weighted by molar-refractivity contribution is 8.00. The summed E-state index contributed by atoms with van der Waals surface area (Å²) < 4.78 is 0. The van der Waals surface area contributed by atoms with E-state index in [0.717, 1.165) is 56.0 Å². The van der Waals surface area contributed by atoms with Crippen LogP contribution < -0.4 is 10.6 Å². The highest BCUT2D eigenvalue weighted by atomic mass is 32.2. The van der Waals surface area contributed by atoms with Crippen molar-refractivity contribution in [2.24, 2.45) is 4.99 Å². The number of fused-ring (bicyclic) bond motifs is 1. The summed E-state index contributed by atoms with van der Waals surface area (Å²) in [5.74, 6) is 2.96. The van der Waals surface area contributed by atoms with E-state index in [9.17, 15) is 0 Å². The average Bonchev–Trinajstić information content (AvgIpc) is 3.60. The van der Waals surface area contributed by atoms with Crippen molar-refractivity contribution in [3.05, 3.63) is 185 Å². The van der Waals surface area contributed by atoms with Gasteiger partial charge in [0.05, 0.1) is 11.4 Å². The van der Waals surface area contributed by atoms with Gasteiger partial charge in [-0.05, 0) is 70.1 Å². The molecule has 2 heterocycles. The number of aliphatic imine (C=N–C) groups is 1. The number of hydrogen-bond acceptors (Lipinski definition) is 4. The molecule has 2 aliphatic rings. The number of thioether (sulfide) groups is 1. The fourth-order valence-electron chi connectivity index (χ4n) is 6.55. The lowest BCUT2D eigenvalue weighted by molar-refractivity contribution is 0.663. The monoisotopic (exact) mass is 635 g/mol. The van der Waals surface area contributed by atoms with Crippen LogP contribution in [0.5, 0.6) is 0 Å². The predicted molar refractivity (Wildman–Crippen MR) is 202 cm³/mol. The number of nitrogens with one attached hydrogen (secondary N) is 2. The lowest BCUT2D eigenvalue weighted by atomic mass is 9.92. The number of hydrogen-bond donors (Lipinski definition) is 2. The Morgan fingerprint density at radius 3 is 2.06 bits per heavy atom. The number of terminal acetylenes is 1.